The molecule has 0 spiro atoms. The highest BCUT2D eigenvalue weighted by Gasteiger charge is 2.35. The normalized spacial score (nSPS) is 15.8. The van der Waals surface area contributed by atoms with Crippen molar-refractivity contribution in [1.82, 2.24) is 15.2 Å². The molecule has 8 heteroatoms. The molecule has 2 aromatic carbocycles. The average Bonchev–Trinajstić information content (AvgIpc) is 3.41. The molecular formula is C23H21BrClN3O2S. The number of nitrogens with zero attached hydrogens (tertiary/aromatic N) is 2. The first-order valence-corrected chi connectivity index (χ1v) is 12.0. The molecule has 160 valence electrons. The number of likely N-dealkylation sites (tertiary alicyclic amines) is 1. The second-order valence-electron chi connectivity index (χ2n) is 7.46. The zero-order chi connectivity index (χ0) is 22.0. The van der Waals surface area contributed by atoms with E-state index in [1.165, 1.54) is 0 Å². The summed E-state index contributed by atoms with van der Waals surface area (Å²) >= 11 is 11.0. The molecule has 1 aromatic heterocycles. The van der Waals surface area contributed by atoms with Gasteiger partial charge in [0.15, 0.2) is 0 Å². The minimum atomic E-state index is -0.464. The number of aryl methyl sites for hydroxylation is 1. The van der Waals surface area contributed by atoms with E-state index in [1.807, 2.05) is 36.7 Å². The van der Waals surface area contributed by atoms with Gasteiger partial charge in [0.2, 0.25) is 5.91 Å². The average molecular weight is 519 g/mol. The van der Waals surface area contributed by atoms with Gasteiger partial charge in [-0.25, -0.2) is 4.98 Å². The summed E-state index contributed by atoms with van der Waals surface area (Å²) in [6.45, 7) is 2.98. The molecule has 1 fully saturated rings. The van der Waals surface area contributed by atoms with Crippen molar-refractivity contribution < 1.29 is 9.59 Å². The molecule has 4 rings (SSSR count). The predicted octanol–water partition coefficient (Wildman–Crippen LogP) is 5.46. The molecule has 0 radical (unpaired) electrons. The number of hydrogen-bond acceptors (Lipinski definition) is 4. The van der Waals surface area contributed by atoms with Crippen LogP contribution in [0.25, 0.3) is 10.4 Å². The van der Waals surface area contributed by atoms with Crippen molar-refractivity contribution in [2.45, 2.75) is 32.4 Å². The highest BCUT2D eigenvalue weighted by Crippen LogP contribution is 2.28. The van der Waals surface area contributed by atoms with Crippen molar-refractivity contribution in [3.8, 4) is 10.4 Å². The lowest BCUT2D eigenvalue weighted by Gasteiger charge is -2.24. The molecule has 0 bridgehead atoms. The summed E-state index contributed by atoms with van der Waals surface area (Å²) in [6, 6.07) is 12.7. The van der Waals surface area contributed by atoms with E-state index in [1.54, 1.807) is 34.4 Å². The molecule has 2 heterocycles. The van der Waals surface area contributed by atoms with E-state index in [0.29, 0.717) is 34.6 Å². The van der Waals surface area contributed by atoms with Crippen molar-refractivity contribution in [1.29, 1.82) is 0 Å². The second kappa shape index (κ2) is 9.51. The number of amides is 2. The zero-order valence-electron chi connectivity index (χ0n) is 16.9. The van der Waals surface area contributed by atoms with Crippen molar-refractivity contribution >= 4 is 50.7 Å². The van der Waals surface area contributed by atoms with Gasteiger partial charge in [-0.2, -0.15) is 0 Å². The number of thiazole rings is 1. The van der Waals surface area contributed by atoms with Crippen LogP contribution in [0.2, 0.25) is 5.02 Å². The number of nitrogens with one attached hydrogen (secondary N) is 1. The van der Waals surface area contributed by atoms with Gasteiger partial charge < -0.3 is 10.2 Å². The van der Waals surface area contributed by atoms with E-state index in [4.69, 9.17) is 11.6 Å². The van der Waals surface area contributed by atoms with Gasteiger partial charge in [-0.1, -0.05) is 35.9 Å². The van der Waals surface area contributed by atoms with Crippen LogP contribution < -0.4 is 5.32 Å². The van der Waals surface area contributed by atoms with E-state index < -0.39 is 6.04 Å². The Labute approximate surface area is 198 Å². The molecule has 0 saturated carbocycles. The lowest BCUT2D eigenvalue weighted by molar-refractivity contribution is -0.125. The molecule has 1 aliphatic heterocycles. The molecule has 1 aliphatic rings. The number of hydrogen-bond donors (Lipinski definition) is 1. The third kappa shape index (κ3) is 4.84. The number of benzene rings is 2. The molecule has 1 N–H and O–H groups in total. The predicted molar refractivity (Wildman–Crippen MR) is 127 cm³/mol. The molecule has 0 aliphatic carbocycles. The molecule has 1 atom stereocenters. The number of halogens is 2. The third-order valence-electron chi connectivity index (χ3n) is 5.41. The van der Waals surface area contributed by atoms with Crippen molar-refractivity contribution in [2.24, 2.45) is 0 Å². The van der Waals surface area contributed by atoms with Crippen LogP contribution in [-0.4, -0.2) is 34.3 Å². The summed E-state index contributed by atoms with van der Waals surface area (Å²) in [4.78, 5) is 33.0. The topological polar surface area (TPSA) is 62.3 Å². The van der Waals surface area contributed by atoms with Crippen molar-refractivity contribution in [3.63, 3.8) is 0 Å². The van der Waals surface area contributed by atoms with Gasteiger partial charge in [-0.05, 0) is 65.0 Å². The van der Waals surface area contributed by atoms with Gasteiger partial charge in [0, 0.05) is 22.6 Å². The van der Waals surface area contributed by atoms with Gasteiger partial charge in [0.05, 0.1) is 21.6 Å². The fourth-order valence-electron chi connectivity index (χ4n) is 3.76. The fraction of sp³-hybridized carbons (Fsp3) is 0.261. The van der Waals surface area contributed by atoms with Gasteiger partial charge >= 0.3 is 0 Å². The Kier molecular flexibility index (Phi) is 6.74. The van der Waals surface area contributed by atoms with E-state index >= 15 is 0 Å². The molecule has 5 nitrogen and oxygen atoms in total. The Morgan fingerprint density at radius 2 is 2.03 bits per heavy atom. The van der Waals surface area contributed by atoms with Gasteiger partial charge in [-0.15, -0.1) is 11.3 Å². The van der Waals surface area contributed by atoms with Gasteiger partial charge in [0.1, 0.15) is 6.04 Å². The lowest BCUT2D eigenvalue weighted by Crippen LogP contribution is -2.45. The van der Waals surface area contributed by atoms with Crippen LogP contribution in [0.4, 0.5) is 0 Å². The van der Waals surface area contributed by atoms with Crippen LogP contribution in [0.1, 0.15) is 34.5 Å². The summed E-state index contributed by atoms with van der Waals surface area (Å²) in [5.74, 6) is -0.288. The van der Waals surface area contributed by atoms with E-state index in [9.17, 15) is 9.59 Å². The molecule has 1 saturated heterocycles. The first kappa shape index (κ1) is 22.0. The highest BCUT2D eigenvalue weighted by atomic mass is 79.9. The van der Waals surface area contributed by atoms with Crippen LogP contribution in [0, 0.1) is 6.92 Å². The molecule has 3 aromatic rings. The number of carbonyl (C=O) groups is 2. The number of aromatic nitrogens is 1. The number of rotatable bonds is 5. The Morgan fingerprint density at radius 1 is 1.26 bits per heavy atom. The van der Waals surface area contributed by atoms with Crippen LogP contribution in [-0.2, 0) is 11.3 Å². The molecular weight excluding hydrogens is 498 g/mol. The summed E-state index contributed by atoms with van der Waals surface area (Å²) < 4.78 is 0.632. The maximum absolute atomic E-state index is 13.0. The summed E-state index contributed by atoms with van der Waals surface area (Å²) in [6.07, 6.45) is 1.46. The monoisotopic (exact) mass is 517 g/mol. The SMILES string of the molecule is Cc1ncsc1-c1ccc(CNC(=O)C2CCCN2C(=O)c2ccc(Cl)cc2Br)cc1. The third-order valence-corrected chi connectivity index (χ3v) is 7.28. The molecule has 1 unspecified atom stereocenters. The fourth-order valence-corrected chi connectivity index (χ4v) is 5.42. The van der Waals surface area contributed by atoms with E-state index in [0.717, 1.165) is 28.1 Å². The second-order valence-corrected chi connectivity index (χ2v) is 9.61. The van der Waals surface area contributed by atoms with Crippen molar-refractivity contribution in [3.05, 3.63) is 74.3 Å². The van der Waals surface area contributed by atoms with Crippen LogP contribution in [0.15, 0.2) is 52.4 Å². The summed E-state index contributed by atoms with van der Waals surface area (Å²) in [5, 5.41) is 3.54. The highest BCUT2D eigenvalue weighted by molar-refractivity contribution is 9.10. The number of carbonyl (C=O) groups excluding carboxylic acids is 2. The zero-order valence-corrected chi connectivity index (χ0v) is 20.1. The van der Waals surface area contributed by atoms with Gasteiger partial charge in [-0.3, -0.25) is 9.59 Å². The van der Waals surface area contributed by atoms with Crippen LogP contribution in [0.3, 0.4) is 0 Å². The smallest absolute Gasteiger partial charge is 0.255 e. The first-order chi connectivity index (χ1) is 14.9. The van der Waals surface area contributed by atoms with E-state index in [2.05, 4.69) is 26.2 Å². The lowest BCUT2D eigenvalue weighted by atomic mass is 10.1. The minimum absolute atomic E-state index is 0.127. The standard InChI is InChI=1S/C23H21BrClN3O2S/c1-14-21(31-13-27-14)16-6-4-15(5-7-16)12-26-22(29)20-3-2-10-28(20)23(30)18-9-8-17(25)11-19(18)24/h4-9,11,13,20H,2-3,10,12H2,1H3,(H,26,29). The Hall–Kier alpha value is -2.22. The maximum Gasteiger partial charge on any atom is 0.255 e. The minimum Gasteiger partial charge on any atom is -0.350 e. The molecule has 31 heavy (non-hydrogen) atoms. The largest absolute Gasteiger partial charge is 0.350 e. The summed E-state index contributed by atoms with van der Waals surface area (Å²) in [5.41, 5.74) is 5.50. The quantitative estimate of drug-likeness (QED) is 0.488. The van der Waals surface area contributed by atoms with Gasteiger partial charge in [0.25, 0.3) is 5.91 Å². The van der Waals surface area contributed by atoms with E-state index in [-0.39, 0.29) is 11.8 Å². The summed E-state index contributed by atoms with van der Waals surface area (Å²) in [7, 11) is 0. The Morgan fingerprint density at radius 3 is 2.71 bits per heavy atom. The maximum atomic E-state index is 13.0. The van der Waals surface area contributed by atoms with Crippen LogP contribution in [0.5, 0.6) is 0 Å². The Balaban J connectivity index is 1.40. The first-order valence-electron chi connectivity index (χ1n) is 9.97. The van der Waals surface area contributed by atoms with Crippen molar-refractivity contribution in [2.75, 3.05) is 6.54 Å². The van der Waals surface area contributed by atoms with Crippen LogP contribution >= 0.6 is 38.9 Å². The molecule has 2 amide bonds. The Bertz CT molecular complexity index is 1120.